The SMILES string of the molecule is COCc1cccc2c1NC(=O)C2N. The van der Waals surface area contributed by atoms with Gasteiger partial charge in [0.25, 0.3) is 0 Å². The number of methoxy groups -OCH3 is 1. The maximum absolute atomic E-state index is 11.3. The topological polar surface area (TPSA) is 64.3 Å². The van der Waals surface area contributed by atoms with Crippen molar-refractivity contribution in [2.45, 2.75) is 12.6 Å². The second-order valence-corrected chi connectivity index (χ2v) is 3.28. The van der Waals surface area contributed by atoms with Gasteiger partial charge in [0.1, 0.15) is 6.04 Å². The number of nitrogens with one attached hydrogen (secondary N) is 1. The summed E-state index contributed by atoms with van der Waals surface area (Å²) in [6.45, 7) is 0.482. The highest BCUT2D eigenvalue weighted by Gasteiger charge is 2.28. The van der Waals surface area contributed by atoms with Gasteiger partial charge in [0.15, 0.2) is 0 Å². The molecule has 1 unspecified atom stereocenters. The first-order chi connectivity index (χ1) is 6.74. The van der Waals surface area contributed by atoms with Crippen molar-refractivity contribution in [3.8, 4) is 0 Å². The number of amides is 1. The molecule has 0 saturated heterocycles. The zero-order chi connectivity index (χ0) is 10.1. The Morgan fingerprint density at radius 3 is 3.07 bits per heavy atom. The molecular formula is C10H12N2O2. The van der Waals surface area contributed by atoms with Crippen molar-refractivity contribution in [3.63, 3.8) is 0 Å². The molecule has 1 aliphatic rings. The summed E-state index contributed by atoms with van der Waals surface area (Å²) >= 11 is 0. The zero-order valence-electron chi connectivity index (χ0n) is 7.91. The lowest BCUT2D eigenvalue weighted by molar-refractivity contribution is -0.116. The molecule has 2 rings (SSSR count). The molecule has 0 spiro atoms. The molecule has 3 N–H and O–H groups in total. The quantitative estimate of drug-likeness (QED) is 0.728. The average Bonchev–Trinajstić information content (AvgIpc) is 2.46. The van der Waals surface area contributed by atoms with Crippen LogP contribution in [0.3, 0.4) is 0 Å². The molecule has 1 heterocycles. The molecule has 0 bridgehead atoms. The lowest BCUT2D eigenvalue weighted by atomic mass is 10.1. The van der Waals surface area contributed by atoms with Crippen molar-refractivity contribution in [1.29, 1.82) is 0 Å². The van der Waals surface area contributed by atoms with Gasteiger partial charge in [-0.25, -0.2) is 0 Å². The van der Waals surface area contributed by atoms with Gasteiger partial charge in [0.2, 0.25) is 5.91 Å². The van der Waals surface area contributed by atoms with Gasteiger partial charge >= 0.3 is 0 Å². The third-order valence-electron chi connectivity index (χ3n) is 2.35. The standard InChI is InChI=1S/C10H12N2O2/c1-14-5-6-3-2-4-7-8(11)10(13)12-9(6)7/h2-4,8H,5,11H2,1H3,(H,12,13). The van der Waals surface area contributed by atoms with Crippen molar-refractivity contribution < 1.29 is 9.53 Å². The largest absolute Gasteiger partial charge is 0.380 e. The van der Waals surface area contributed by atoms with E-state index in [1.165, 1.54) is 0 Å². The van der Waals surface area contributed by atoms with E-state index in [4.69, 9.17) is 10.5 Å². The third-order valence-corrected chi connectivity index (χ3v) is 2.35. The highest BCUT2D eigenvalue weighted by Crippen LogP contribution is 2.32. The van der Waals surface area contributed by atoms with E-state index in [9.17, 15) is 4.79 Å². The van der Waals surface area contributed by atoms with Crippen LogP contribution in [0.15, 0.2) is 18.2 Å². The fraction of sp³-hybridized carbons (Fsp3) is 0.300. The van der Waals surface area contributed by atoms with Crippen LogP contribution in [0.2, 0.25) is 0 Å². The summed E-state index contributed by atoms with van der Waals surface area (Å²) in [4.78, 5) is 11.3. The average molecular weight is 192 g/mol. The fourth-order valence-corrected chi connectivity index (χ4v) is 1.65. The van der Waals surface area contributed by atoms with E-state index in [1.54, 1.807) is 7.11 Å². The smallest absolute Gasteiger partial charge is 0.245 e. The van der Waals surface area contributed by atoms with Gasteiger partial charge in [0, 0.05) is 18.2 Å². The molecule has 4 heteroatoms. The monoisotopic (exact) mass is 192 g/mol. The first-order valence-corrected chi connectivity index (χ1v) is 4.41. The molecule has 74 valence electrons. The van der Waals surface area contributed by atoms with Gasteiger partial charge < -0.3 is 15.8 Å². The number of benzene rings is 1. The molecule has 0 saturated carbocycles. The molecule has 0 fully saturated rings. The summed E-state index contributed by atoms with van der Waals surface area (Å²) in [7, 11) is 1.62. The van der Waals surface area contributed by atoms with Crippen LogP contribution in [0.5, 0.6) is 0 Å². The number of carbonyl (C=O) groups is 1. The summed E-state index contributed by atoms with van der Waals surface area (Å²) in [6, 6.07) is 5.12. The minimum Gasteiger partial charge on any atom is -0.380 e. The number of para-hydroxylation sites is 1. The third kappa shape index (κ3) is 1.29. The van der Waals surface area contributed by atoms with E-state index in [1.807, 2.05) is 18.2 Å². The number of nitrogens with two attached hydrogens (primary N) is 1. The number of fused-ring (bicyclic) bond motifs is 1. The van der Waals surface area contributed by atoms with E-state index in [0.29, 0.717) is 6.61 Å². The van der Waals surface area contributed by atoms with Crippen LogP contribution in [-0.4, -0.2) is 13.0 Å². The molecule has 0 aromatic heterocycles. The Morgan fingerprint density at radius 1 is 1.57 bits per heavy atom. The lowest BCUT2D eigenvalue weighted by Gasteiger charge is -2.06. The number of hydrogen-bond donors (Lipinski definition) is 2. The zero-order valence-corrected chi connectivity index (χ0v) is 7.91. The number of anilines is 1. The summed E-state index contributed by atoms with van der Waals surface area (Å²) in [5.41, 5.74) is 8.33. The van der Waals surface area contributed by atoms with Crippen LogP contribution in [0.4, 0.5) is 5.69 Å². The van der Waals surface area contributed by atoms with Crippen molar-refractivity contribution in [2.75, 3.05) is 12.4 Å². The fourth-order valence-electron chi connectivity index (χ4n) is 1.65. The normalized spacial score (nSPS) is 19.3. The number of hydrogen-bond acceptors (Lipinski definition) is 3. The molecule has 4 nitrogen and oxygen atoms in total. The highest BCUT2D eigenvalue weighted by molar-refractivity contribution is 6.03. The van der Waals surface area contributed by atoms with Crippen LogP contribution in [0.25, 0.3) is 0 Å². The Labute approximate surface area is 82.1 Å². The first kappa shape index (κ1) is 9.18. The Bertz CT molecular complexity index is 376. The van der Waals surface area contributed by atoms with Crippen molar-refractivity contribution in [1.82, 2.24) is 0 Å². The number of carbonyl (C=O) groups excluding carboxylic acids is 1. The lowest BCUT2D eigenvalue weighted by Crippen LogP contribution is -2.19. The molecule has 1 aliphatic heterocycles. The Kier molecular flexibility index (Phi) is 2.23. The predicted octanol–water partition coefficient (Wildman–Crippen LogP) is 0.785. The van der Waals surface area contributed by atoms with Crippen molar-refractivity contribution >= 4 is 11.6 Å². The summed E-state index contributed by atoms with van der Waals surface area (Å²) < 4.78 is 5.03. The molecular weight excluding hydrogens is 180 g/mol. The second kappa shape index (κ2) is 3.40. The van der Waals surface area contributed by atoms with Crippen LogP contribution in [0.1, 0.15) is 17.2 Å². The predicted molar refractivity (Wildman–Crippen MR) is 52.7 cm³/mol. The maximum atomic E-state index is 11.3. The molecule has 1 aromatic carbocycles. The molecule has 1 amide bonds. The first-order valence-electron chi connectivity index (χ1n) is 4.41. The van der Waals surface area contributed by atoms with Gasteiger partial charge in [-0.05, 0) is 0 Å². The van der Waals surface area contributed by atoms with Crippen LogP contribution in [-0.2, 0) is 16.1 Å². The molecule has 0 radical (unpaired) electrons. The maximum Gasteiger partial charge on any atom is 0.245 e. The molecule has 14 heavy (non-hydrogen) atoms. The van der Waals surface area contributed by atoms with Gasteiger partial charge in [-0.3, -0.25) is 4.79 Å². The van der Waals surface area contributed by atoms with Crippen LogP contribution < -0.4 is 11.1 Å². The molecule has 0 aliphatic carbocycles. The molecule has 1 aromatic rings. The van der Waals surface area contributed by atoms with E-state index < -0.39 is 6.04 Å². The summed E-state index contributed by atoms with van der Waals surface area (Å²) in [5, 5.41) is 2.76. The minimum absolute atomic E-state index is 0.149. The number of rotatable bonds is 2. The van der Waals surface area contributed by atoms with Crippen LogP contribution in [0, 0.1) is 0 Å². The van der Waals surface area contributed by atoms with Crippen molar-refractivity contribution in [2.24, 2.45) is 5.73 Å². The summed E-state index contributed by atoms with van der Waals surface area (Å²) in [5.74, 6) is -0.149. The summed E-state index contributed by atoms with van der Waals surface area (Å²) in [6.07, 6.45) is 0. The number of ether oxygens (including phenoxy) is 1. The Balaban J connectivity index is 2.44. The minimum atomic E-state index is -0.540. The Hall–Kier alpha value is -1.39. The van der Waals surface area contributed by atoms with Gasteiger partial charge in [-0.1, -0.05) is 18.2 Å². The Morgan fingerprint density at radius 2 is 2.36 bits per heavy atom. The van der Waals surface area contributed by atoms with E-state index in [-0.39, 0.29) is 5.91 Å². The van der Waals surface area contributed by atoms with Crippen molar-refractivity contribution in [3.05, 3.63) is 29.3 Å². The van der Waals surface area contributed by atoms with Gasteiger partial charge in [-0.2, -0.15) is 0 Å². The van der Waals surface area contributed by atoms with Gasteiger partial charge in [-0.15, -0.1) is 0 Å². The molecule has 1 atom stereocenters. The van der Waals surface area contributed by atoms with E-state index in [0.717, 1.165) is 16.8 Å². The second-order valence-electron chi connectivity index (χ2n) is 3.28. The van der Waals surface area contributed by atoms with Gasteiger partial charge in [0.05, 0.1) is 12.3 Å². The highest BCUT2D eigenvalue weighted by atomic mass is 16.5. The van der Waals surface area contributed by atoms with E-state index in [2.05, 4.69) is 5.32 Å². The van der Waals surface area contributed by atoms with Crippen LogP contribution >= 0.6 is 0 Å². The van der Waals surface area contributed by atoms with E-state index >= 15 is 0 Å².